The maximum absolute atomic E-state index is 9.91. The fraction of sp³-hybridized carbons (Fsp3) is 0.421. The van der Waals surface area contributed by atoms with E-state index >= 15 is 0 Å². The number of aromatic amines is 1. The van der Waals surface area contributed by atoms with Crippen molar-refractivity contribution < 1.29 is 0 Å². The molecule has 2 aromatic rings. The average molecular weight is 339 g/mol. The van der Waals surface area contributed by atoms with Gasteiger partial charge in [0.05, 0.1) is 12.0 Å². The fourth-order valence-electron chi connectivity index (χ4n) is 3.67. The molecule has 1 aliphatic carbocycles. The lowest BCUT2D eigenvalue weighted by Crippen LogP contribution is -2.26. The summed E-state index contributed by atoms with van der Waals surface area (Å²) in [5, 5.41) is 18.3. The van der Waals surface area contributed by atoms with Crippen LogP contribution in [0.1, 0.15) is 61.3 Å². The number of benzene rings is 1. The van der Waals surface area contributed by atoms with Crippen molar-refractivity contribution in [3.05, 3.63) is 46.1 Å². The third-order valence-electron chi connectivity index (χ3n) is 4.94. The van der Waals surface area contributed by atoms with Crippen LogP contribution in [0.5, 0.6) is 0 Å². The molecule has 122 valence electrons. The minimum atomic E-state index is -0.285. The van der Waals surface area contributed by atoms with Gasteiger partial charge in [-0.05, 0) is 30.9 Å². The second-order valence-electron chi connectivity index (χ2n) is 6.61. The number of fused-ring (bicyclic) bond motifs is 1. The van der Waals surface area contributed by atoms with Gasteiger partial charge in [0.15, 0.2) is 5.82 Å². The van der Waals surface area contributed by atoms with Crippen LogP contribution in [-0.2, 0) is 0 Å². The van der Waals surface area contributed by atoms with E-state index in [1.807, 2.05) is 24.3 Å². The van der Waals surface area contributed by atoms with E-state index in [-0.39, 0.29) is 11.8 Å². The molecule has 2 atom stereocenters. The zero-order chi connectivity index (χ0) is 16.7. The van der Waals surface area contributed by atoms with Crippen LogP contribution in [0, 0.1) is 17.2 Å². The van der Waals surface area contributed by atoms with E-state index in [0.717, 1.165) is 41.2 Å². The minimum Gasteiger partial charge on any atom is -0.280 e. The quantitative estimate of drug-likeness (QED) is 0.842. The van der Waals surface area contributed by atoms with Gasteiger partial charge in [0.1, 0.15) is 0 Å². The van der Waals surface area contributed by atoms with Crippen molar-refractivity contribution >= 4 is 23.1 Å². The predicted octanol–water partition coefficient (Wildman–Crippen LogP) is 5.10. The molecule has 1 N–H and O–H groups in total. The first kappa shape index (κ1) is 15.4. The molecule has 24 heavy (non-hydrogen) atoms. The lowest BCUT2D eigenvalue weighted by molar-refractivity contribution is 0.691. The number of H-pyrrole nitrogens is 1. The molecule has 1 aliphatic heterocycles. The van der Waals surface area contributed by atoms with Crippen LogP contribution >= 0.6 is 11.6 Å². The Bertz CT molecular complexity index is 841. The molecule has 1 saturated carbocycles. The Hall–Kier alpha value is -2.12. The van der Waals surface area contributed by atoms with Crippen molar-refractivity contribution in [2.45, 2.75) is 44.4 Å². The number of nitrogens with one attached hydrogen (secondary N) is 1. The first-order valence-electron chi connectivity index (χ1n) is 8.54. The fourth-order valence-corrected chi connectivity index (χ4v) is 3.93. The number of aliphatic imine (C=N–C) groups is 1. The number of hydrogen-bond donors (Lipinski definition) is 1. The van der Waals surface area contributed by atoms with Crippen molar-refractivity contribution in [1.29, 1.82) is 5.26 Å². The molecule has 5 heteroatoms. The molecular weight excluding hydrogens is 320 g/mol. The summed E-state index contributed by atoms with van der Waals surface area (Å²) in [7, 11) is 0. The summed E-state index contributed by atoms with van der Waals surface area (Å²) in [6.45, 7) is 2.11. The van der Waals surface area contributed by atoms with Gasteiger partial charge >= 0.3 is 0 Å². The number of aromatic nitrogens is 2. The summed E-state index contributed by atoms with van der Waals surface area (Å²) in [5.74, 6) is 0.893. The zero-order valence-electron chi connectivity index (χ0n) is 13.6. The van der Waals surface area contributed by atoms with Crippen molar-refractivity contribution in [2.75, 3.05) is 0 Å². The Balaban J connectivity index is 1.92. The summed E-state index contributed by atoms with van der Waals surface area (Å²) in [6.07, 6.45) is 4.12. The van der Waals surface area contributed by atoms with Gasteiger partial charge < -0.3 is 0 Å². The molecule has 0 saturated heterocycles. The molecular formula is C19H19ClN4. The van der Waals surface area contributed by atoms with E-state index < -0.39 is 0 Å². The Kier molecular flexibility index (Phi) is 3.90. The smallest absolute Gasteiger partial charge is 0.177 e. The van der Waals surface area contributed by atoms with Crippen molar-refractivity contribution in [3.63, 3.8) is 0 Å². The summed E-state index contributed by atoms with van der Waals surface area (Å²) in [5.41, 5.74) is 4.15. The monoisotopic (exact) mass is 338 g/mol. The molecule has 2 heterocycles. The lowest BCUT2D eigenvalue weighted by atomic mass is 9.75. The third-order valence-corrected chi connectivity index (χ3v) is 5.28. The van der Waals surface area contributed by atoms with Crippen LogP contribution in [0.4, 0.5) is 5.82 Å². The predicted molar refractivity (Wildman–Crippen MR) is 95.0 cm³/mol. The van der Waals surface area contributed by atoms with Gasteiger partial charge in [-0.15, -0.1) is 0 Å². The van der Waals surface area contributed by atoms with Crippen LogP contribution in [0.2, 0.25) is 5.02 Å². The Morgan fingerprint density at radius 3 is 2.79 bits per heavy atom. The van der Waals surface area contributed by atoms with E-state index in [9.17, 15) is 5.26 Å². The summed E-state index contributed by atoms with van der Waals surface area (Å²) in [4.78, 5) is 4.73. The Labute approximate surface area is 146 Å². The molecule has 0 radical (unpaired) electrons. The summed E-state index contributed by atoms with van der Waals surface area (Å²) < 4.78 is 0. The summed E-state index contributed by atoms with van der Waals surface area (Å²) >= 11 is 6.51. The second kappa shape index (κ2) is 6.07. The van der Waals surface area contributed by atoms with E-state index in [1.165, 1.54) is 12.8 Å². The maximum Gasteiger partial charge on any atom is 0.177 e. The highest BCUT2D eigenvalue weighted by Crippen LogP contribution is 2.51. The van der Waals surface area contributed by atoms with Crippen molar-refractivity contribution in [1.82, 2.24) is 10.2 Å². The first-order chi connectivity index (χ1) is 11.7. The van der Waals surface area contributed by atoms with Crippen LogP contribution in [0.3, 0.4) is 0 Å². The highest BCUT2D eigenvalue weighted by molar-refractivity contribution is 6.31. The number of nitriles is 1. The minimum absolute atomic E-state index is 0.0906. The zero-order valence-corrected chi connectivity index (χ0v) is 14.3. The standard InChI is InChI=1S/C19H19ClN4/c1-2-5-15-13(10-21)16(12-6-3-4-7-14(12)20)17-18(11-8-9-11)23-24-19(17)22-15/h3-4,6-7,11,13,16H,2,5,8-9H2,1H3,(H,23,24). The van der Waals surface area contributed by atoms with Gasteiger partial charge in [-0.2, -0.15) is 10.4 Å². The van der Waals surface area contributed by atoms with Crippen molar-refractivity contribution in [2.24, 2.45) is 10.9 Å². The lowest BCUT2D eigenvalue weighted by Gasteiger charge is -2.28. The number of nitrogens with zero attached hydrogens (tertiary/aromatic N) is 3. The first-order valence-corrected chi connectivity index (χ1v) is 8.92. The molecule has 1 fully saturated rings. The van der Waals surface area contributed by atoms with Crippen LogP contribution in [0.15, 0.2) is 29.3 Å². The average Bonchev–Trinajstić information content (AvgIpc) is 3.35. The highest BCUT2D eigenvalue weighted by Gasteiger charge is 2.41. The summed E-state index contributed by atoms with van der Waals surface area (Å²) in [6, 6.07) is 10.3. The van der Waals surface area contributed by atoms with E-state index in [4.69, 9.17) is 16.6 Å². The van der Waals surface area contributed by atoms with Gasteiger partial charge in [0.2, 0.25) is 0 Å². The molecule has 4 nitrogen and oxygen atoms in total. The molecule has 2 unspecified atom stereocenters. The SMILES string of the molecule is CCCC1=Nc2n[nH]c(C3CC3)c2C(c2ccccc2Cl)C1C#N. The van der Waals surface area contributed by atoms with Crippen LogP contribution in [0.25, 0.3) is 0 Å². The van der Waals surface area contributed by atoms with Gasteiger partial charge in [-0.1, -0.05) is 43.1 Å². The normalized spacial score (nSPS) is 22.6. The number of hydrogen-bond acceptors (Lipinski definition) is 3. The molecule has 4 rings (SSSR count). The number of halogens is 1. The molecule has 1 aromatic carbocycles. The maximum atomic E-state index is 9.91. The van der Waals surface area contributed by atoms with Crippen LogP contribution in [-0.4, -0.2) is 15.9 Å². The molecule has 0 spiro atoms. The number of rotatable bonds is 4. The second-order valence-corrected chi connectivity index (χ2v) is 7.02. The van der Waals surface area contributed by atoms with Gasteiger partial charge in [-0.25, -0.2) is 4.99 Å². The Morgan fingerprint density at radius 2 is 2.12 bits per heavy atom. The Morgan fingerprint density at radius 1 is 1.33 bits per heavy atom. The van der Waals surface area contributed by atoms with Crippen molar-refractivity contribution in [3.8, 4) is 6.07 Å². The third kappa shape index (κ3) is 2.44. The largest absolute Gasteiger partial charge is 0.280 e. The molecule has 2 aliphatic rings. The molecule has 1 aromatic heterocycles. The van der Waals surface area contributed by atoms with Gasteiger partial charge in [0.25, 0.3) is 0 Å². The molecule has 0 amide bonds. The van der Waals surface area contributed by atoms with Crippen LogP contribution < -0.4 is 0 Å². The topological polar surface area (TPSA) is 64.8 Å². The molecule has 0 bridgehead atoms. The van der Waals surface area contributed by atoms with E-state index in [1.54, 1.807) is 0 Å². The highest BCUT2D eigenvalue weighted by atomic mass is 35.5. The van der Waals surface area contributed by atoms with E-state index in [0.29, 0.717) is 10.9 Å². The van der Waals surface area contributed by atoms with Gasteiger partial charge in [0, 0.05) is 33.8 Å². The van der Waals surface area contributed by atoms with E-state index in [2.05, 4.69) is 23.2 Å². The van der Waals surface area contributed by atoms with Gasteiger partial charge in [-0.3, -0.25) is 5.10 Å².